The molecule has 0 bridgehead atoms. The molecule has 2 N–H and O–H groups in total. The summed E-state index contributed by atoms with van der Waals surface area (Å²) in [4.78, 5) is 29.9. The lowest BCUT2D eigenvalue weighted by molar-refractivity contribution is -0.143. The number of aromatic nitrogens is 1. The van der Waals surface area contributed by atoms with E-state index in [2.05, 4.69) is 24.4 Å². The zero-order chi connectivity index (χ0) is 28.8. The Balaban J connectivity index is 1.31. The SMILES string of the molecule is COC(=O)c1ccc([C@H]2C=C(C(=O)Nc3ccc(-c4nc5ccc(C)cc5s4)cc3)O[C@@H](OCCCCO)C2)cc1. The molecule has 3 aromatic carbocycles. The van der Waals surface area contributed by atoms with Gasteiger partial charge in [0.2, 0.25) is 6.29 Å². The van der Waals surface area contributed by atoms with E-state index in [0.29, 0.717) is 37.1 Å². The number of allylic oxidation sites excluding steroid dienone is 1. The fourth-order valence-corrected chi connectivity index (χ4v) is 5.68. The zero-order valence-electron chi connectivity index (χ0n) is 23.0. The van der Waals surface area contributed by atoms with E-state index in [1.807, 2.05) is 42.5 Å². The average Bonchev–Trinajstić information content (AvgIpc) is 3.42. The van der Waals surface area contributed by atoms with Gasteiger partial charge in [-0.15, -0.1) is 11.3 Å². The lowest BCUT2D eigenvalue weighted by Gasteiger charge is -2.29. The van der Waals surface area contributed by atoms with E-state index in [-0.39, 0.29) is 24.2 Å². The third kappa shape index (κ3) is 7.00. The van der Waals surface area contributed by atoms with Crippen molar-refractivity contribution in [2.45, 2.75) is 38.4 Å². The number of rotatable bonds is 10. The number of benzene rings is 3. The summed E-state index contributed by atoms with van der Waals surface area (Å²) < 4.78 is 17.8. The Labute approximate surface area is 242 Å². The summed E-state index contributed by atoms with van der Waals surface area (Å²) in [6.45, 7) is 2.56. The number of aliphatic hydroxyl groups is 1. The first-order valence-corrected chi connectivity index (χ1v) is 14.3. The van der Waals surface area contributed by atoms with E-state index in [4.69, 9.17) is 24.3 Å². The van der Waals surface area contributed by atoms with Crippen LogP contribution in [0.2, 0.25) is 0 Å². The zero-order valence-corrected chi connectivity index (χ0v) is 23.8. The van der Waals surface area contributed by atoms with Gasteiger partial charge in [-0.1, -0.05) is 18.2 Å². The van der Waals surface area contributed by atoms with Crippen LogP contribution in [-0.2, 0) is 19.0 Å². The van der Waals surface area contributed by atoms with Crippen LogP contribution in [0.5, 0.6) is 0 Å². The Kier molecular flexibility index (Phi) is 9.08. The van der Waals surface area contributed by atoms with Crippen LogP contribution in [0.1, 0.15) is 46.7 Å². The molecule has 41 heavy (non-hydrogen) atoms. The number of methoxy groups -OCH3 is 1. The Morgan fingerprint density at radius 3 is 2.59 bits per heavy atom. The van der Waals surface area contributed by atoms with Crippen molar-refractivity contribution in [2.24, 2.45) is 0 Å². The van der Waals surface area contributed by atoms with Crippen LogP contribution in [-0.4, -0.2) is 48.6 Å². The summed E-state index contributed by atoms with van der Waals surface area (Å²) in [7, 11) is 1.34. The first-order valence-electron chi connectivity index (χ1n) is 13.5. The number of nitrogens with one attached hydrogen (secondary N) is 1. The van der Waals surface area contributed by atoms with Gasteiger partial charge in [0.1, 0.15) is 5.01 Å². The van der Waals surface area contributed by atoms with Crippen LogP contribution in [0.3, 0.4) is 0 Å². The number of hydrogen-bond donors (Lipinski definition) is 2. The van der Waals surface area contributed by atoms with Crippen molar-refractivity contribution in [3.05, 3.63) is 95.3 Å². The van der Waals surface area contributed by atoms with Gasteiger partial charge < -0.3 is 24.6 Å². The molecule has 9 heteroatoms. The number of anilines is 1. The van der Waals surface area contributed by atoms with E-state index in [1.165, 1.54) is 12.7 Å². The highest BCUT2D eigenvalue weighted by Crippen LogP contribution is 2.33. The molecule has 2 heterocycles. The summed E-state index contributed by atoms with van der Waals surface area (Å²) in [6.07, 6.45) is 2.97. The molecule has 0 aliphatic carbocycles. The molecule has 5 rings (SSSR count). The highest BCUT2D eigenvalue weighted by atomic mass is 32.1. The minimum atomic E-state index is -0.630. The summed E-state index contributed by atoms with van der Waals surface area (Å²) in [5.74, 6) is -0.790. The number of amides is 1. The number of fused-ring (bicyclic) bond motifs is 1. The van der Waals surface area contributed by atoms with Crippen molar-refractivity contribution in [2.75, 3.05) is 25.6 Å². The van der Waals surface area contributed by atoms with Gasteiger partial charge in [-0.3, -0.25) is 4.79 Å². The minimum Gasteiger partial charge on any atom is -0.465 e. The fraction of sp³-hybridized carbons (Fsp3) is 0.281. The second-order valence-electron chi connectivity index (χ2n) is 9.86. The molecule has 0 fully saturated rings. The van der Waals surface area contributed by atoms with Gasteiger partial charge in [-0.2, -0.15) is 0 Å². The average molecular weight is 573 g/mol. The highest BCUT2D eigenvalue weighted by Gasteiger charge is 2.29. The van der Waals surface area contributed by atoms with Crippen molar-refractivity contribution >= 4 is 39.1 Å². The standard InChI is InChI=1S/C32H32N2O6S/c1-20-5-14-26-28(17-20)41-31(34-26)22-10-12-25(13-11-22)33-30(36)27-18-24(19-29(40-27)39-16-4-3-15-35)21-6-8-23(9-7-21)32(37)38-2/h5-14,17-18,24,29,35H,3-4,15-16,19H2,1-2H3,(H,33,36)/t24-,29+/m0/s1. The summed E-state index contributed by atoms with van der Waals surface area (Å²) in [5, 5.41) is 12.9. The molecular weight excluding hydrogens is 540 g/mol. The van der Waals surface area contributed by atoms with Crippen LogP contribution in [0.25, 0.3) is 20.8 Å². The van der Waals surface area contributed by atoms with Crippen molar-refractivity contribution < 1.29 is 28.9 Å². The Morgan fingerprint density at radius 1 is 1.07 bits per heavy atom. The number of aryl methyl sites for hydroxylation is 1. The van der Waals surface area contributed by atoms with Gasteiger partial charge in [-0.05, 0) is 85.5 Å². The molecular formula is C32H32N2O6S. The van der Waals surface area contributed by atoms with Crippen LogP contribution in [0.15, 0.2) is 78.6 Å². The summed E-state index contributed by atoms with van der Waals surface area (Å²) in [5.41, 5.74) is 5.14. The topological polar surface area (TPSA) is 107 Å². The minimum absolute atomic E-state index is 0.0923. The number of thiazole rings is 1. The molecule has 1 amide bonds. The number of nitrogens with zero attached hydrogens (tertiary/aromatic N) is 1. The van der Waals surface area contributed by atoms with E-state index < -0.39 is 12.3 Å². The Morgan fingerprint density at radius 2 is 1.85 bits per heavy atom. The summed E-state index contributed by atoms with van der Waals surface area (Å²) in [6, 6.07) is 20.9. The molecule has 1 aliphatic rings. The van der Waals surface area contributed by atoms with Gasteiger partial charge in [0.15, 0.2) is 5.76 Å². The maximum atomic E-state index is 13.3. The molecule has 1 aliphatic heterocycles. The van der Waals surface area contributed by atoms with Crippen LogP contribution >= 0.6 is 11.3 Å². The Bertz CT molecular complexity index is 1540. The first-order chi connectivity index (χ1) is 19.9. The maximum Gasteiger partial charge on any atom is 0.337 e. The smallest absolute Gasteiger partial charge is 0.337 e. The third-order valence-corrected chi connectivity index (χ3v) is 7.90. The molecule has 0 radical (unpaired) electrons. The second kappa shape index (κ2) is 13.1. The number of unbranched alkanes of at least 4 members (excludes halogenated alkanes) is 1. The van der Waals surface area contributed by atoms with E-state index in [0.717, 1.165) is 26.4 Å². The number of hydrogen-bond acceptors (Lipinski definition) is 8. The largest absolute Gasteiger partial charge is 0.465 e. The fourth-order valence-electron chi connectivity index (χ4n) is 4.61. The van der Waals surface area contributed by atoms with Crippen molar-refractivity contribution in [1.29, 1.82) is 0 Å². The van der Waals surface area contributed by atoms with E-state index in [1.54, 1.807) is 29.5 Å². The van der Waals surface area contributed by atoms with Crippen molar-refractivity contribution in [1.82, 2.24) is 4.98 Å². The molecule has 0 saturated carbocycles. The number of esters is 1. The van der Waals surface area contributed by atoms with Crippen LogP contribution in [0, 0.1) is 6.92 Å². The molecule has 4 aromatic rings. The summed E-state index contributed by atoms with van der Waals surface area (Å²) >= 11 is 1.64. The predicted octanol–water partition coefficient (Wildman–Crippen LogP) is 6.20. The second-order valence-corrected chi connectivity index (χ2v) is 10.9. The lowest BCUT2D eigenvalue weighted by atomic mass is 9.92. The normalized spacial score (nSPS) is 16.6. The molecule has 2 atom stereocenters. The van der Waals surface area contributed by atoms with Crippen LogP contribution in [0.4, 0.5) is 5.69 Å². The molecule has 0 unspecified atom stereocenters. The van der Waals surface area contributed by atoms with Crippen molar-refractivity contribution in [3.63, 3.8) is 0 Å². The molecule has 0 saturated heterocycles. The first kappa shape index (κ1) is 28.5. The Hall–Kier alpha value is -4.05. The number of carbonyl (C=O) groups is 2. The van der Waals surface area contributed by atoms with Gasteiger partial charge >= 0.3 is 5.97 Å². The molecule has 212 valence electrons. The number of aliphatic hydroxyl groups excluding tert-OH is 1. The maximum absolute atomic E-state index is 13.3. The van der Waals surface area contributed by atoms with Gasteiger partial charge in [0.25, 0.3) is 5.91 Å². The van der Waals surface area contributed by atoms with Gasteiger partial charge in [-0.25, -0.2) is 9.78 Å². The quantitative estimate of drug-likeness (QED) is 0.172. The van der Waals surface area contributed by atoms with Crippen LogP contribution < -0.4 is 5.32 Å². The van der Waals surface area contributed by atoms with E-state index >= 15 is 0 Å². The van der Waals surface area contributed by atoms with E-state index in [9.17, 15) is 9.59 Å². The van der Waals surface area contributed by atoms with Gasteiger partial charge in [0.05, 0.1) is 29.5 Å². The third-order valence-electron chi connectivity index (χ3n) is 6.83. The van der Waals surface area contributed by atoms with Crippen molar-refractivity contribution in [3.8, 4) is 10.6 Å². The lowest BCUT2D eigenvalue weighted by Crippen LogP contribution is -2.29. The number of carbonyl (C=O) groups excluding carboxylic acids is 2. The predicted molar refractivity (Wildman–Crippen MR) is 159 cm³/mol. The number of ether oxygens (including phenoxy) is 3. The monoisotopic (exact) mass is 572 g/mol. The molecule has 0 spiro atoms. The molecule has 1 aromatic heterocycles. The molecule has 8 nitrogen and oxygen atoms in total. The van der Waals surface area contributed by atoms with Gasteiger partial charge in [0, 0.05) is 30.2 Å². The highest BCUT2D eigenvalue weighted by molar-refractivity contribution is 7.21.